The fourth-order valence-electron chi connectivity index (χ4n) is 3.38. The quantitative estimate of drug-likeness (QED) is 0.439. The average molecular weight is 474 g/mol. The number of β-lactam (4-membered cyclic amide) rings is 1. The zero-order valence-electron chi connectivity index (χ0n) is 16.9. The van der Waals surface area contributed by atoms with Crippen LogP contribution in [0.5, 0.6) is 5.88 Å². The number of carboxylic acid groups (broad SMARTS) is 1. The van der Waals surface area contributed by atoms with Gasteiger partial charge in [-0.25, -0.2) is 4.79 Å². The second-order valence-electron chi connectivity index (χ2n) is 6.90. The van der Waals surface area contributed by atoms with Crippen molar-refractivity contribution in [1.29, 1.82) is 0 Å². The molecule has 0 saturated carbocycles. The lowest BCUT2D eigenvalue weighted by Gasteiger charge is -2.49. The molecule has 2 amide bonds. The Labute approximate surface area is 191 Å². The lowest BCUT2D eigenvalue weighted by Crippen LogP contribution is -2.70. The normalized spacial score (nSPS) is 19.8. The van der Waals surface area contributed by atoms with Gasteiger partial charge in [0.2, 0.25) is 5.91 Å². The summed E-state index contributed by atoms with van der Waals surface area (Å²) >= 11 is 2.72. The largest absolute Gasteiger partial charge is 0.479 e. The van der Waals surface area contributed by atoms with E-state index in [2.05, 4.69) is 17.1 Å². The maximum absolute atomic E-state index is 12.8. The number of carbonyl (C=O) groups excluding carboxylic acids is 2. The van der Waals surface area contributed by atoms with E-state index in [4.69, 9.17) is 9.26 Å². The van der Waals surface area contributed by atoms with Crippen LogP contribution < -0.4 is 10.1 Å². The number of aliphatic carboxylic acids is 1. The number of amides is 2. The van der Waals surface area contributed by atoms with E-state index in [1.165, 1.54) is 41.6 Å². The van der Waals surface area contributed by atoms with E-state index in [0.29, 0.717) is 11.1 Å². The fraction of sp³-hybridized carbons (Fsp3) is 0.238. The summed E-state index contributed by atoms with van der Waals surface area (Å²) in [5, 5.41) is 15.7. The summed E-state index contributed by atoms with van der Waals surface area (Å²) in [6.45, 7) is 3.92. The second-order valence-corrected chi connectivity index (χ2v) is 9.05. The predicted octanol–water partition coefficient (Wildman–Crippen LogP) is 2.23. The Morgan fingerprint density at radius 3 is 2.81 bits per heavy atom. The molecule has 9 nitrogen and oxygen atoms in total. The van der Waals surface area contributed by atoms with Crippen LogP contribution >= 0.6 is 23.5 Å². The number of hydrogen-bond acceptors (Lipinski definition) is 8. The predicted molar refractivity (Wildman–Crippen MR) is 119 cm³/mol. The number of thioether (sulfide) groups is 2. The van der Waals surface area contributed by atoms with Gasteiger partial charge in [0, 0.05) is 27.9 Å². The molecule has 1 aromatic heterocycles. The number of aromatic nitrogens is 1. The highest BCUT2D eigenvalue weighted by atomic mass is 32.2. The van der Waals surface area contributed by atoms with E-state index in [1.54, 1.807) is 0 Å². The van der Waals surface area contributed by atoms with E-state index < -0.39 is 23.3 Å². The van der Waals surface area contributed by atoms with Crippen molar-refractivity contribution in [2.24, 2.45) is 0 Å². The average Bonchev–Trinajstić information content (AvgIpc) is 3.29. The highest BCUT2D eigenvalue weighted by Gasteiger charge is 2.54. The first-order valence-corrected chi connectivity index (χ1v) is 11.5. The summed E-state index contributed by atoms with van der Waals surface area (Å²) in [6.07, 6.45) is 0. The van der Waals surface area contributed by atoms with Crippen molar-refractivity contribution < 1.29 is 28.8 Å². The van der Waals surface area contributed by atoms with Gasteiger partial charge in [0.15, 0.2) is 5.76 Å². The molecule has 2 aliphatic rings. The van der Waals surface area contributed by atoms with Crippen LogP contribution in [0.1, 0.15) is 5.76 Å². The summed E-state index contributed by atoms with van der Waals surface area (Å²) in [4.78, 5) is 39.3. The Balaban J connectivity index is 1.46. The van der Waals surface area contributed by atoms with Gasteiger partial charge in [-0.3, -0.25) is 14.5 Å². The number of rotatable bonds is 8. The van der Waals surface area contributed by atoms with E-state index in [0.717, 1.165) is 4.90 Å². The van der Waals surface area contributed by atoms with E-state index >= 15 is 0 Å². The van der Waals surface area contributed by atoms with Crippen LogP contribution in [0.2, 0.25) is 0 Å². The Morgan fingerprint density at radius 2 is 2.16 bits per heavy atom. The monoisotopic (exact) mass is 473 g/mol. The Bertz CT molecular complexity index is 1110. The zero-order valence-corrected chi connectivity index (χ0v) is 18.6. The zero-order chi connectivity index (χ0) is 22.8. The molecule has 4 rings (SSSR count). The molecule has 166 valence electrons. The van der Waals surface area contributed by atoms with Crippen LogP contribution in [-0.2, 0) is 14.4 Å². The van der Waals surface area contributed by atoms with Crippen LogP contribution in [0.4, 0.5) is 0 Å². The Morgan fingerprint density at radius 1 is 1.41 bits per heavy atom. The van der Waals surface area contributed by atoms with Gasteiger partial charge in [-0.15, -0.1) is 23.5 Å². The van der Waals surface area contributed by atoms with Gasteiger partial charge in [-0.1, -0.05) is 24.8 Å². The van der Waals surface area contributed by atoms with Gasteiger partial charge >= 0.3 is 5.97 Å². The molecular formula is C21H19N3O6S2. The third-order valence-corrected chi connectivity index (χ3v) is 7.25. The molecule has 0 unspecified atom stereocenters. The number of ether oxygens (including phenoxy) is 1. The third kappa shape index (κ3) is 4.13. The molecule has 11 heteroatoms. The minimum atomic E-state index is -1.25. The Hall–Kier alpha value is -3.18. The lowest BCUT2D eigenvalue weighted by atomic mass is 9.98. The molecular weight excluding hydrogens is 454 g/mol. The third-order valence-electron chi connectivity index (χ3n) is 4.96. The van der Waals surface area contributed by atoms with E-state index in [1.807, 2.05) is 30.3 Å². The number of benzene rings is 1. The first-order chi connectivity index (χ1) is 15.4. The minimum absolute atomic E-state index is 0.155. The summed E-state index contributed by atoms with van der Waals surface area (Å²) < 4.78 is 10.2. The fourth-order valence-corrected chi connectivity index (χ4v) is 5.49. The van der Waals surface area contributed by atoms with Crippen molar-refractivity contribution in [3.8, 4) is 5.88 Å². The van der Waals surface area contributed by atoms with Crippen molar-refractivity contribution in [3.63, 3.8) is 0 Å². The molecule has 0 bridgehead atoms. The first-order valence-electron chi connectivity index (χ1n) is 9.49. The molecule has 2 atom stereocenters. The highest BCUT2D eigenvalue weighted by molar-refractivity contribution is 8.00. The van der Waals surface area contributed by atoms with Gasteiger partial charge < -0.3 is 19.7 Å². The van der Waals surface area contributed by atoms with Crippen LogP contribution in [0.25, 0.3) is 5.57 Å². The van der Waals surface area contributed by atoms with E-state index in [9.17, 15) is 19.5 Å². The smallest absolute Gasteiger partial charge is 0.352 e. The van der Waals surface area contributed by atoms with Gasteiger partial charge in [0.1, 0.15) is 17.1 Å². The maximum atomic E-state index is 12.8. The number of fused-ring (bicyclic) bond motifs is 1. The van der Waals surface area contributed by atoms with Gasteiger partial charge in [-0.05, 0) is 17.3 Å². The molecule has 0 aliphatic carbocycles. The van der Waals surface area contributed by atoms with Crippen molar-refractivity contribution in [2.75, 3.05) is 18.6 Å². The van der Waals surface area contributed by atoms with Crippen LogP contribution in [0.3, 0.4) is 0 Å². The molecule has 1 saturated heterocycles. The van der Waals surface area contributed by atoms with Gasteiger partial charge in [0.05, 0.1) is 12.9 Å². The van der Waals surface area contributed by atoms with Crippen LogP contribution in [0, 0.1) is 0 Å². The molecule has 32 heavy (non-hydrogen) atoms. The van der Waals surface area contributed by atoms with Gasteiger partial charge in [-0.2, -0.15) is 0 Å². The molecule has 1 aromatic carbocycles. The van der Waals surface area contributed by atoms with Crippen LogP contribution in [0.15, 0.2) is 63.7 Å². The molecule has 2 N–H and O–H groups in total. The molecule has 1 fully saturated rings. The standard InChI is InChI=1S/C21H19N3O6S2/c1-11(14-8-16(29-2)23-30-14)13-9-32-20-17(19(26)24(20)18(13)21(27)28)22-15(25)10-31-12-6-4-3-5-7-12/h3-8,17,20H,1,9-10H2,2H3,(H,22,25)(H,27,28)/t17-,20-/m1/s1. The summed E-state index contributed by atoms with van der Waals surface area (Å²) in [5.41, 5.74) is 0.502. The number of nitrogens with one attached hydrogen (secondary N) is 1. The van der Waals surface area contributed by atoms with Crippen molar-refractivity contribution >= 4 is 46.9 Å². The number of carboxylic acids is 1. The number of allylic oxidation sites excluding steroid dienone is 1. The first kappa shape index (κ1) is 22.0. The minimum Gasteiger partial charge on any atom is -0.479 e. The number of nitrogens with zero attached hydrogens (tertiary/aromatic N) is 2. The second kappa shape index (κ2) is 9.13. The summed E-state index contributed by atoms with van der Waals surface area (Å²) in [7, 11) is 1.43. The number of hydrogen-bond donors (Lipinski definition) is 2. The van der Waals surface area contributed by atoms with Gasteiger partial charge in [0.25, 0.3) is 11.8 Å². The molecule has 0 radical (unpaired) electrons. The topological polar surface area (TPSA) is 122 Å². The number of carbonyl (C=O) groups is 3. The lowest BCUT2D eigenvalue weighted by molar-refractivity contribution is -0.150. The van der Waals surface area contributed by atoms with Crippen molar-refractivity contribution in [2.45, 2.75) is 16.3 Å². The van der Waals surface area contributed by atoms with Crippen LogP contribution in [-0.4, -0.2) is 63.0 Å². The highest BCUT2D eigenvalue weighted by Crippen LogP contribution is 2.43. The molecule has 2 aromatic rings. The molecule has 2 aliphatic heterocycles. The number of methoxy groups -OCH3 is 1. The van der Waals surface area contributed by atoms with Crippen molar-refractivity contribution in [1.82, 2.24) is 15.4 Å². The van der Waals surface area contributed by atoms with Crippen molar-refractivity contribution in [3.05, 3.63) is 60.0 Å². The maximum Gasteiger partial charge on any atom is 0.352 e. The summed E-state index contributed by atoms with van der Waals surface area (Å²) in [6, 6.07) is 10.2. The summed E-state index contributed by atoms with van der Waals surface area (Å²) in [5.74, 6) is -1.09. The van der Waals surface area contributed by atoms with E-state index in [-0.39, 0.29) is 34.8 Å². The Kier molecular flexibility index (Phi) is 6.28. The SMILES string of the molecule is C=C(C1=C(C(=O)O)N2C(=O)[C@@H](NC(=O)CSc3ccccc3)[C@H]2SC1)c1cc(OC)no1. The molecule has 3 heterocycles. The molecule has 0 spiro atoms.